The zero-order valence-electron chi connectivity index (χ0n) is 21.3. The van der Waals surface area contributed by atoms with Gasteiger partial charge in [0.25, 0.3) is 5.91 Å². The monoisotopic (exact) mass is 529 g/mol. The lowest BCUT2D eigenvalue weighted by atomic mass is 9.91. The number of amides is 2. The highest BCUT2D eigenvalue weighted by Crippen LogP contribution is 2.28. The van der Waals surface area contributed by atoms with E-state index in [9.17, 15) is 22.8 Å². The number of halogens is 3. The Morgan fingerprint density at radius 2 is 1.92 bits per heavy atom. The topological polar surface area (TPSA) is 101 Å². The van der Waals surface area contributed by atoms with Gasteiger partial charge >= 0.3 is 6.18 Å². The predicted molar refractivity (Wildman–Crippen MR) is 138 cm³/mol. The normalized spacial score (nSPS) is 17.3. The van der Waals surface area contributed by atoms with E-state index < -0.39 is 17.9 Å². The Balaban J connectivity index is 1.17. The second-order valence-corrected chi connectivity index (χ2v) is 10.0. The molecule has 1 atom stereocenters. The molecule has 0 radical (unpaired) electrons. The summed E-state index contributed by atoms with van der Waals surface area (Å²) >= 11 is 0. The van der Waals surface area contributed by atoms with Gasteiger partial charge in [0.05, 0.1) is 5.56 Å². The van der Waals surface area contributed by atoms with Gasteiger partial charge in [-0.15, -0.1) is 0 Å². The number of pyridine rings is 2. The molecular weight excluding hydrogens is 495 g/mol. The van der Waals surface area contributed by atoms with Gasteiger partial charge in [0.2, 0.25) is 5.91 Å². The molecule has 1 saturated heterocycles. The molecular formula is C28H34F3N5O2. The van der Waals surface area contributed by atoms with Crippen molar-refractivity contribution in [1.29, 1.82) is 0 Å². The molecule has 3 heterocycles. The molecule has 1 aliphatic heterocycles. The van der Waals surface area contributed by atoms with E-state index in [0.29, 0.717) is 25.6 Å². The van der Waals surface area contributed by atoms with Gasteiger partial charge in [-0.3, -0.25) is 19.6 Å². The van der Waals surface area contributed by atoms with Crippen LogP contribution in [0.15, 0.2) is 36.8 Å². The minimum Gasteiger partial charge on any atom is -0.354 e. The third kappa shape index (κ3) is 6.98. The maximum absolute atomic E-state index is 12.7. The Morgan fingerprint density at radius 1 is 1.13 bits per heavy atom. The van der Waals surface area contributed by atoms with Gasteiger partial charge in [-0.2, -0.15) is 13.2 Å². The molecule has 7 nitrogen and oxygen atoms in total. The molecule has 1 unspecified atom stereocenters. The third-order valence-corrected chi connectivity index (χ3v) is 7.41. The van der Waals surface area contributed by atoms with Crippen LogP contribution < -0.4 is 21.5 Å². The van der Waals surface area contributed by atoms with Gasteiger partial charge < -0.3 is 16.0 Å². The molecule has 10 heteroatoms. The van der Waals surface area contributed by atoms with Crippen LogP contribution in [0.5, 0.6) is 0 Å². The van der Waals surface area contributed by atoms with Crippen molar-refractivity contribution in [1.82, 2.24) is 20.2 Å². The van der Waals surface area contributed by atoms with Gasteiger partial charge in [-0.05, 0) is 73.4 Å². The molecule has 3 N–H and O–H groups in total. The van der Waals surface area contributed by atoms with Crippen molar-refractivity contribution < 1.29 is 22.8 Å². The van der Waals surface area contributed by atoms with Crippen molar-refractivity contribution in [3.63, 3.8) is 0 Å². The third-order valence-electron chi connectivity index (χ3n) is 7.41. The molecule has 204 valence electrons. The van der Waals surface area contributed by atoms with Crippen molar-refractivity contribution >= 4 is 23.5 Å². The average Bonchev–Trinajstić information content (AvgIpc) is 3.14. The van der Waals surface area contributed by atoms with Crippen LogP contribution in [-0.2, 0) is 11.0 Å². The number of likely N-dealkylation sites (tertiary alicyclic amines) is 1. The number of alkyl halides is 3. The highest BCUT2D eigenvalue weighted by atomic mass is 19.4. The first kappa shape index (κ1) is 27.8. The highest BCUT2D eigenvalue weighted by molar-refractivity contribution is 5.94. The number of nitrogens with one attached hydrogen (secondary N) is 1. The van der Waals surface area contributed by atoms with E-state index in [4.69, 9.17) is 5.73 Å². The number of nitrogens with two attached hydrogens (primary N) is 1. The van der Waals surface area contributed by atoms with Gasteiger partial charge in [-0.1, -0.05) is 18.9 Å². The predicted octanol–water partition coefficient (Wildman–Crippen LogP) is 2.78. The molecule has 0 saturated carbocycles. The van der Waals surface area contributed by atoms with Crippen molar-refractivity contribution in [2.75, 3.05) is 19.6 Å². The summed E-state index contributed by atoms with van der Waals surface area (Å²) in [7, 11) is 0. The fourth-order valence-electron chi connectivity index (χ4n) is 5.19. The molecule has 4 rings (SSSR count). The largest absolute Gasteiger partial charge is 0.433 e. The van der Waals surface area contributed by atoms with Crippen LogP contribution in [0.25, 0.3) is 11.6 Å². The Morgan fingerprint density at radius 3 is 2.63 bits per heavy atom. The molecule has 0 spiro atoms. The van der Waals surface area contributed by atoms with Gasteiger partial charge in [-0.25, -0.2) is 0 Å². The summed E-state index contributed by atoms with van der Waals surface area (Å²) in [4.78, 5) is 34.6. The smallest absolute Gasteiger partial charge is 0.354 e. The van der Waals surface area contributed by atoms with Crippen LogP contribution in [0.3, 0.4) is 0 Å². The van der Waals surface area contributed by atoms with E-state index in [0.717, 1.165) is 79.6 Å². The van der Waals surface area contributed by atoms with E-state index >= 15 is 0 Å². The maximum atomic E-state index is 12.7. The molecule has 2 aliphatic rings. The zero-order valence-corrected chi connectivity index (χ0v) is 21.3. The minimum atomic E-state index is -4.52. The molecule has 2 amide bonds. The summed E-state index contributed by atoms with van der Waals surface area (Å²) in [5.74, 6) is 0.0253. The number of aromatic nitrogens is 2. The Labute approximate surface area is 220 Å². The first-order valence-corrected chi connectivity index (χ1v) is 13.2. The number of carbonyl (C=O) groups is 2. The lowest BCUT2D eigenvalue weighted by Gasteiger charge is -2.32. The Bertz CT molecular complexity index is 1240. The van der Waals surface area contributed by atoms with Crippen LogP contribution >= 0.6 is 0 Å². The molecule has 1 aliphatic carbocycles. The number of carbonyl (C=O) groups excluding carboxylic acids is 2. The molecule has 0 aromatic carbocycles. The molecule has 1 fully saturated rings. The Hall–Kier alpha value is -3.27. The number of hydrogen-bond donors (Lipinski definition) is 2. The quantitative estimate of drug-likeness (QED) is 0.513. The second kappa shape index (κ2) is 12.5. The molecule has 38 heavy (non-hydrogen) atoms. The first-order chi connectivity index (χ1) is 18.2. The van der Waals surface area contributed by atoms with Gasteiger partial charge in [0, 0.05) is 43.4 Å². The number of hydrogen-bond acceptors (Lipinski definition) is 5. The fourth-order valence-corrected chi connectivity index (χ4v) is 5.19. The first-order valence-electron chi connectivity index (χ1n) is 13.2. The van der Waals surface area contributed by atoms with Crippen LogP contribution in [0.2, 0.25) is 0 Å². The summed E-state index contributed by atoms with van der Waals surface area (Å²) in [5.41, 5.74) is 6.44. The molecule has 2 aromatic heterocycles. The SMILES string of the molecule is NC(C(=O)NCCCCC1CCN(C(=O)c2ccc(C(F)(F)F)nc2)CC1)C1=c2cnccc2=CCCC1. The summed E-state index contributed by atoms with van der Waals surface area (Å²) in [6.45, 7) is 1.70. The van der Waals surface area contributed by atoms with Crippen LogP contribution in [0.4, 0.5) is 13.2 Å². The van der Waals surface area contributed by atoms with Gasteiger partial charge in [0.15, 0.2) is 0 Å². The van der Waals surface area contributed by atoms with E-state index in [1.54, 1.807) is 17.3 Å². The van der Waals surface area contributed by atoms with Crippen molar-refractivity contribution in [3.05, 3.63) is 58.5 Å². The summed E-state index contributed by atoms with van der Waals surface area (Å²) in [6, 6.07) is 3.30. The zero-order chi connectivity index (χ0) is 27.1. The number of fused-ring (bicyclic) bond motifs is 1. The van der Waals surface area contributed by atoms with Crippen LogP contribution in [-0.4, -0.2) is 52.4 Å². The summed E-state index contributed by atoms with van der Waals surface area (Å²) < 4.78 is 38.1. The average molecular weight is 530 g/mol. The standard InChI is InChI=1S/C28H34F3N5O2/c29-28(30,31)24-9-8-21(17-35-24)27(38)36-15-11-19(12-16-36)5-3-4-13-34-26(37)25(32)22-7-2-1-6-20-10-14-33-18-23(20)22/h6,8-10,14,17-19,25H,1-5,7,11-13,15-16,32H2,(H,34,37). The van der Waals surface area contributed by atoms with Crippen LogP contribution in [0, 0.1) is 5.92 Å². The number of rotatable bonds is 8. The number of unbranched alkanes of at least 4 members (excludes halogenated alkanes) is 1. The second-order valence-electron chi connectivity index (χ2n) is 10.0. The lowest BCUT2D eigenvalue weighted by Crippen LogP contribution is -2.45. The lowest BCUT2D eigenvalue weighted by molar-refractivity contribution is -0.141. The highest BCUT2D eigenvalue weighted by Gasteiger charge is 2.32. The van der Waals surface area contributed by atoms with Crippen molar-refractivity contribution in [2.45, 2.75) is 63.6 Å². The van der Waals surface area contributed by atoms with Crippen molar-refractivity contribution in [3.8, 4) is 0 Å². The van der Waals surface area contributed by atoms with E-state index in [1.165, 1.54) is 6.07 Å². The fraction of sp³-hybridized carbons (Fsp3) is 0.500. The van der Waals surface area contributed by atoms with Crippen molar-refractivity contribution in [2.24, 2.45) is 11.7 Å². The van der Waals surface area contributed by atoms with E-state index in [-0.39, 0.29) is 17.4 Å². The summed E-state index contributed by atoms with van der Waals surface area (Å²) in [6.07, 6.45) is 9.36. The van der Waals surface area contributed by atoms with Crippen LogP contribution in [0.1, 0.15) is 67.4 Å². The number of piperidine rings is 1. The Kier molecular flexibility index (Phi) is 9.14. The van der Waals surface area contributed by atoms with E-state index in [1.807, 2.05) is 6.07 Å². The minimum absolute atomic E-state index is 0.165. The number of nitrogens with zero attached hydrogens (tertiary/aromatic N) is 3. The molecule has 2 aromatic rings. The maximum Gasteiger partial charge on any atom is 0.433 e. The summed E-state index contributed by atoms with van der Waals surface area (Å²) in [5, 5.41) is 5.03. The van der Waals surface area contributed by atoms with E-state index in [2.05, 4.69) is 21.4 Å². The molecule has 0 bridgehead atoms. The van der Waals surface area contributed by atoms with Gasteiger partial charge in [0.1, 0.15) is 11.7 Å².